The van der Waals surface area contributed by atoms with Crippen molar-refractivity contribution >= 4 is 23.1 Å². The summed E-state index contributed by atoms with van der Waals surface area (Å²) in [5.41, 5.74) is 4.04. The number of benzene rings is 1. The van der Waals surface area contributed by atoms with Crippen LogP contribution < -0.4 is 15.5 Å². The number of amides is 1. The van der Waals surface area contributed by atoms with Gasteiger partial charge in [0.2, 0.25) is 0 Å². The maximum absolute atomic E-state index is 12.4. The lowest BCUT2D eigenvalue weighted by atomic mass is 9.97. The molecule has 0 radical (unpaired) electrons. The summed E-state index contributed by atoms with van der Waals surface area (Å²) in [6.45, 7) is 2.91. The normalized spacial score (nSPS) is 16.4. The molecule has 0 unspecified atom stereocenters. The van der Waals surface area contributed by atoms with Crippen molar-refractivity contribution in [1.82, 2.24) is 15.3 Å². The highest BCUT2D eigenvalue weighted by atomic mass is 16.1. The third-order valence-corrected chi connectivity index (χ3v) is 5.63. The van der Waals surface area contributed by atoms with Gasteiger partial charge in [-0.25, -0.2) is 9.97 Å². The Labute approximate surface area is 172 Å². The monoisotopic (exact) mass is 391 g/mol. The van der Waals surface area contributed by atoms with Crippen LogP contribution in [0, 0.1) is 0 Å². The van der Waals surface area contributed by atoms with Crippen LogP contribution in [0.1, 0.15) is 55.4 Å². The molecule has 152 valence electrons. The Morgan fingerprint density at radius 3 is 2.62 bits per heavy atom. The minimum atomic E-state index is -0.156. The molecule has 29 heavy (non-hydrogen) atoms. The molecule has 6 nitrogen and oxygen atoms in total. The van der Waals surface area contributed by atoms with Crippen LogP contribution in [-0.4, -0.2) is 35.5 Å². The van der Waals surface area contributed by atoms with Crippen LogP contribution in [0.25, 0.3) is 0 Å². The fourth-order valence-electron chi connectivity index (χ4n) is 3.99. The summed E-state index contributed by atoms with van der Waals surface area (Å²) in [4.78, 5) is 23.2. The first-order chi connectivity index (χ1) is 14.3. The third kappa shape index (κ3) is 5.34. The van der Waals surface area contributed by atoms with E-state index in [1.165, 1.54) is 49.7 Å². The molecule has 6 heteroatoms. The molecule has 1 saturated heterocycles. The van der Waals surface area contributed by atoms with Gasteiger partial charge in [-0.05, 0) is 69.2 Å². The zero-order valence-corrected chi connectivity index (χ0v) is 16.9. The second-order valence-electron chi connectivity index (χ2n) is 7.77. The van der Waals surface area contributed by atoms with Gasteiger partial charge in [-0.2, -0.15) is 0 Å². The van der Waals surface area contributed by atoms with Crippen LogP contribution >= 0.6 is 0 Å². The van der Waals surface area contributed by atoms with Gasteiger partial charge in [0, 0.05) is 37.1 Å². The quantitative estimate of drug-likeness (QED) is 0.683. The molecule has 1 fully saturated rings. The van der Waals surface area contributed by atoms with Crippen molar-refractivity contribution < 1.29 is 4.79 Å². The summed E-state index contributed by atoms with van der Waals surface area (Å²) in [5, 5.41) is 6.24. The second-order valence-corrected chi connectivity index (χ2v) is 7.77. The molecule has 1 aromatic carbocycles. The van der Waals surface area contributed by atoms with Gasteiger partial charge in [-0.3, -0.25) is 4.79 Å². The highest BCUT2D eigenvalue weighted by molar-refractivity contribution is 5.92. The lowest BCUT2D eigenvalue weighted by Crippen LogP contribution is -2.26. The standard InChI is InChI=1S/C23H29N5O/c29-23(24-13-12-18-6-2-1-3-7-18)21-16-22(26-17-25-21)27-19-8-10-20(11-9-19)28-14-4-5-15-28/h6,8-11,16-17H,1-5,7,12-15H2,(H,24,29)(H,25,26,27). The Morgan fingerprint density at radius 1 is 1.03 bits per heavy atom. The number of carbonyl (C=O) groups is 1. The van der Waals surface area contributed by atoms with Crippen molar-refractivity contribution in [1.29, 1.82) is 0 Å². The maximum atomic E-state index is 12.4. The van der Waals surface area contributed by atoms with Gasteiger partial charge in [-0.1, -0.05) is 11.6 Å². The van der Waals surface area contributed by atoms with E-state index in [2.05, 4.69) is 43.7 Å². The van der Waals surface area contributed by atoms with E-state index in [9.17, 15) is 4.79 Å². The van der Waals surface area contributed by atoms with Crippen molar-refractivity contribution in [3.63, 3.8) is 0 Å². The zero-order valence-electron chi connectivity index (χ0n) is 16.9. The van der Waals surface area contributed by atoms with Gasteiger partial charge in [0.05, 0.1) is 0 Å². The molecule has 0 bridgehead atoms. The van der Waals surface area contributed by atoms with E-state index >= 15 is 0 Å². The number of carbonyl (C=O) groups excluding carboxylic acids is 1. The first-order valence-corrected chi connectivity index (χ1v) is 10.7. The summed E-state index contributed by atoms with van der Waals surface area (Å²) in [7, 11) is 0. The number of allylic oxidation sites excluding steroid dienone is 1. The SMILES string of the molecule is O=C(NCCC1=CCCCC1)c1cc(Nc2ccc(N3CCCC3)cc2)ncn1. The average molecular weight is 392 g/mol. The van der Waals surface area contributed by atoms with E-state index in [4.69, 9.17) is 0 Å². The fourth-order valence-corrected chi connectivity index (χ4v) is 3.99. The van der Waals surface area contributed by atoms with Gasteiger partial charge in [0.1, 0.15) is 17.8 Å². The number of nitrogens with zero attached hydrogens (tertiary/aromatic N) is 3. The number of rotatable bonds is 7. The van der Waals surface area contributed by atoms with E-state index in [0.717, 1.165) is 31.6 Å². The van der Waals surface area contributed by atoms with E-state index in [-0.39, 0.29) is 5.91 Å². The Morgan fingerprint density at radius 2 is 1.86 bits per heavy atom. The Balaban J connectivity index is 1.31. The van der Waals surface area contributed by atoms with Crippen LogP contribution in [0.15, 0.2) is 48.3 Å². The van der Waals surface area contributed by atoms with Crippen molar-refractivity contribution in [2.24, 2.45) is 0 Å². The largest absolute Gasteiger partial charge is 0.372 e. The van der Waals surface area contributed by atoms with E-state index in [1.807, 2.05) is 12.1 Å². The molecular weight excluding hydrogens is 362 g/mol. The van der Waals surface area contributed by atoms with E-state index in [0.29, 0.717) is 18.1 Å². The molecule has 0 atom stereocenters. The zero-order chi connectivity index (χ0) is 19.9. The minimum absolute atomic E-state index is 0.156. The molecular formula is C23H29N5O. The van der Waals surface area contributed by atoms with Gasteiger partial charge in [0.15, 0.2) is 0 Å². The van der Waals surface area contributed by atoms with Crippen LogP contribution in [0.4, 0.5) is 17.2 Å². The van der Waals surface area contributed by atoms with Crippen LogP contribution in [0.5, 0.6) is 0 Å². The molecule has 0 saturated carbocycles. The third-order valence-electron chi connectivity index (χ3n) is 5.63. The first-order valence-electron chi connectivity index (χ1n) is 10.7. The lowest BCUT2D eigenvalue weighted by molar-refractivity contribution is 0.0949. The molecule has 1 aromatic heterocycles. The van der Waals surface area contributed by atoms with Gasteiger partial charge < -0.3 is 15.5 Å². The molecule has 2 N–H and O–H groups in total. The molecule has 1 amide bonds. The first kappa shape index (κ1) is 19.4. The number of anilines is 3. The predicted molar refractivity (Wildman–Crippen MR) is 117 cm³/mol. The molecule has 2 aromatic rings. The fraction of sp³-hybridized carbons (Fsp3) is 0.435. The van der Waals surface area contributed by atoms with Crippen LogP contribution in [-0.2, 0) is 0 Å². The molecule has 1 aliphatic heterocycles. The highest BCUT2D eigenvalue weighted by Gasteiger charge is 2.12. The van der Waals surface area contributed by atoms with Gasteiger partial charge >= 0.3 is 0 Å². The Kier molecular flexibility index (Phi) is 6.39. The number of hydrogen-bond donors (Lipinski definition) is 2. The average Bonchev–Trinajstić information content (AvgIpc) is 3.30. The Bertz CT molecular complexity index is 856. The van der Waals surface area contributed by atoms with Crippen molar-refractivity contribution in [3.05, 3.63) is 54.0 Å². The lowest BCUT2D eigenvalue weighted by Gasteiger charge is -2.18. The summed E-state index contributed by atoms with van der Waals surface area (Å²) in [6.07, 6.45) is 12.1. The van der Waals surface area contributed by atoms with E-state index in [1.54, 1.807) is 6.07 Å². The number of nitrogens with one attached hydrogen (secondary N) is 2. The number of hydrogen-bond acceptors (Lipinski definition) is 5. The predicted octanol–water partition coefficient (Wildman–Crippen LogP) is 4.44. The molecule has 4 rings (SSSR count). The second kappa shape index (κ2) is 9.54. The minimum Gasteiger partial charge on any atom is -0.372 e. The summed E-state index contributed by atoms with van der Waals surface area (Å²) in [5.74, 6) is 0.463. The smallest absolute Gasteiger partial charge is 0.270 e. The number of aromatic nitrogens is 2. The molecule has 2 aliphatic rings. The van der Waals surface area contributed by atoms with Gasteiger partial charge in [-0.15, -0.1) is 0 Å². The Hall–Kier alpha value is -2.89. The van der Waals surface area contributed by atoms with Crippen LogP contribution in [0.3, 0.4) is 0 Å². The summed E-state index contributed by atoms with van der Waals surface area (Å²) >= 11 is 0. The van der Waals surface area contributed by atoms with Gasteiger partial charge in [0.25, 0.3) is 5.91 Å². The van der Waals surface area contributed by atoms with Crippen molar-refractivity contribution in [2.45, 2.75) is 44.9 Å². The topological polar surface area (TPSA) is 70.2 Å². The summed E-state index contributed by atoms with van der Waals surface area (Å²) in [6, 6.07) is 10.1. The van der Waals surface area contributed by atoms with Crippen molar-refractivity contribution in [3.8, 4) is 0 Å². The highest BCUT2D eigenvalue weighted by Crippen LogP contribution is 2.23. The molecule has 0 spiro atoms. The van der Waals surface area contributed by atoms with E-state index < -0.39 is 0 Å². The van der Waals surface area contributed by atoms with Crippen LogP contribution in [0.2, 0.25) is 0 Å². The van der Waals surface area contributed by atoms with Crippen molar-refractivity contribution in [2.75, 3.05) is 29.9 Å². The molecule has 1 aliphatic carbocycles. The molecule has 2 heterocycles. The summed E-state index contributed by atoms with van der Waals surface area (Å²) < 4.78 is 0. The maximum Gasteiger partial charge on any atom is 0.270 e.